The number of ether oxygens (including phenoxy) is 1. The summed E-state index contributed by atoms with van der Waals surface area (Å²) >= 11 is 7.03. The topological polar surface area (TPSA) is 74.4 Å². The van der Waals surface area contributed by atoms with Crippen LogP contribution in [0.4, 0.5) is 11.4 Å². The van der Waals surface area contributed by atoms with E-state index in [0.29, 0.717) is 23.0 Å². The molecule has 0 bridgehead atoms. The molecule has 0 amide bonds. The average Bonchev–Trinajstić information content (AvgIpc) is 3.07. The Bertz CT molecular complexity index is 1170. The summed E-state index contributed by atoms with van der Waals surface area (Å²) in [6.45, 7) is 6.06. The standard InChI is InChI=1S/C23H22ClN5O/c1-14-11-15(2)20(16(3)12-14)30-23(24)21-19(9-10-29(21)4)27-22(28-23)26-18-7-5-17(13-25)6-8-18/h5-12H,1-4H3,(H2,26,27,28). The number of aliphatic imine (C=N–C) groups is 1. The second kappa shape index (κ2) is 7.43. The number of aryl methyl sites for hydroxylation is 4. The molecule has 0 spiro atoms. The summed E-state index contributed by atoms with van der Waals surface area (Å²) in [6, 6.07) is 15.3. The molecule has 3 aromatic rings. The number of anilines is 2. The molecular formula is C23H22ClN5O. The van der Waals surface area contributed by atoms with Crippen molar-refractivity contribution in [3.63, 3.8) is 0 Å². The Morgan fingerprint density at radius 2 is 1.80 bits per heavy atom. The lowest BCUT2D eigenvalue weighted by Gasteiger charge is -2.32. The van der Waals surface area contributed by atoms with E-state index >= 15 is 0 Å². The van der Waals surface area contributed by atoms with E-state index in [1.165, 1.54) is 0 Å². The number of hydrogen-bond acceptors (Lipinski definition) is 5. The van der Waals surface area contributed by atoms with Gasteiger partial charge in [0.2, 0.25) is 5.96 Å². The number of halogens is 1. The Labute approximate surface area is 180 Å². The van der Waals surface area contributed by atoms with Crippen molar-refractivity contribution in [2.45, 2.75) is 26.0 Å². The number of hydrogen-bond donors (Lipinski definition) is 2. The van der Waals surface area contributed by atoms with Gasteiger partial charge in [-0.05, 0) is 73.8 Å². The van der Waals surface area contributed by atoms with Gasteiger partial charge in [-0.25, -0.2) is 0 Å². The fourth-order valence-corrected chi connectivity index (χ4v) is 4.12. The van der Waals surface area contributed by atoms with Crippen molar-refractivity contribution in [3.05, 3.63) is 76.6 Å². The van der Waals surface area contributed by atoms with Crippen LogP contribution in [0.3, 0.4) is 0 Å². The van der Waals surface area contributed by atoms with Crippen molar-refractivity contribution >= 4 is 28.9 Å². The molecule has 1 unspecified atom stereocenters. The number of nitrogens with one attached hydrogen (secondary N) is 2. The van der Waals surface area contributed by atoms with Gasteiger partial charge in [0, 0.05) is 18.9 Å². The number of rotatable bonds is 3. The van der Waals surface area contributed by atoms with Crippen molar-refractivity contribution in [2.24, 2.45) is 12.0 Å². The van der Waals surface area contributed by atoms with Crippen LogP contribution in [0.2, 0.25) is 0 Å². The highest BCUT2D eigenvalue weighted by molar-refractivity contribution is 6.25. The summed E-state index contributed by atoms with van der Waals surface area (Å²) in [7, 11) is 1.91. The molecule has 0 aliphatic carbocycles. The van der Waals surface area contributed by atoms with E-state index in [0.717, 1.165) is 28.1 Å². The minimum absolute atomic E-state index is 0.454. The molecule has 0 radical (unpaired) electrons. The molecule has 2 N–H and O–H groups in total. The number of nitrogens with zero attached hydrogens (tertiary/aromatic N) is 3. The van der Waals surface area contributed by atoms with Crippen molar-refractivity contribution in [3.8, 4) is 11.8 Å². The summed E-state index contributed by atoms with van der Waals surface area (Å²) in [5.41, 5.74) is 6.05. The number of fused-ring (bicyclic) bond motifs is 1. The average molecular weight is 420 g/mol. The molecule has 1 aromatic heterocycles. The van der Waals surface area contributed by atoms with Gasteiger partial charge in [-0.2, -0.15) is 10.3 Å². The molecule has 1 atom stereocenters. The lowest BCUT2D eigenvalue weighted by Crippen LogP contribution is -2.38. The van der Waals surface area contributed by atoms with Crippen LogP contribution in [0.15, 0.2) is 53.7 Å². The third-order valence-corrected chi connectivity index (χ3v) is 5.33. The van der Waals surface area contributed by atoms with Gasteiger partial charge in [0.15, 0.2) is 0 Å². The first-order valence-electron chi connectivity index (χ1n) is 9.55. The van der Waals surface area contributed by atoms with E-state index < -0.39 is 5.18 Å². The molecule has 2 heterocycles. The molecule has 7 heteroatoms. The Morgan fingerprint density at radius 1 is 1.13 bits per heavy atom. The molecule has 1 aliphatic heterocycles. The summed E-state index contributed by atoms with van der Waals surface area (Å²) in [6.07, 6.45) is 1.91. The van der Waals surface area contributed by atoms with Crippen LogP contribution < -0.4 is 15.4 Å². The first-order chi connectivity index (χ1) is 14.3. The van der Waals surface area contributed by atoms with Gasteiger partial charge in [-0.15, -0.1) is 0 Å². The first kappa shape index (κ1) is 19.9. The number of nitriles is 1. The van der Waals surface area contributed by atoms with Crippen molar-refractivity contribution < 1.29 is 4.74 Å². The molecule has 0 saturated carbocycles. The van der Waals surface area contributed by atoms with Crippen LogP contribution in [0.1, 0.15) is 27.9 Å². The first-order valence-corrected chi connectivity index (χ1v) is 9.92. The summed E-state index contributed by atoms with van der Waals surface area (Å²) in [4.78, 5) is 4.68. The zero-order valence-corrected chi connectivity index (χ0v) is 18.0. The predicted octanol–water partition coefficient (Wildman–Crippen LogP) is 5.14. The molecule has 1 aliphatic rings. The van der Waals surface area contributed by atoms with Crippen LogP contribution in [0.5, 0.6) is 5.75 Å². The lowest BCUT2D eigenvalue weighted by atomic mass is 10.1. The third kappa shape index (κ3) is 3.60. The van der Waals surface area contributed by atoms with Gasteiger partial charge in [0.25, 0.3) is 0 Å². The fourth-order valence-electron chi connectivity index (χ4n) is 3.72. The van der Waals surface area contributed by atoms with Gasteiger partial charge in [-0.1, -0.05) is 17.7 Å². The quantitative estimate of drug-likeness (QED) is 0.455. The van der Waals surface area contributed by atoms with Gasteiger partial charge in [-0.3, -0.25) is 0 Å². The SMILES string of the molecule is Cc1cc(C)c(OC2(Cl)N=C(Nc3ccc(C#N)cc3)Nc3ccn(C)c32)c(C)c1. The Morgan fingerprint density at radius 3 is 2.43 bits per heavy atom. The van der Waals surface area contributed by atoms with E-state index in [1.807, 2.05) is 49.9 Å². The number of benzene rings is 2. The molecule has 152 valence electrons. The zero-order chi connectivity index (χ0) is 21.5. The molecule has 0 fully saturated rings. The summed E-state index contributed by atoms with van der Waals surface area (Å²) in [5.74, 6) is 1.17. The van der Waals surface area contributed by atoms with Crippen LogP contribution in [0.25, 0.3) is 0 Å². The molecule has 30 heavy (non-hydrogen) atoms. The normalized spacial score (nSPS) is 17.4. The van der Waals surface area contributed by atoms with Crippen LogP contribution in [-0.4, -0.2) is 10.5 Å². The predicted molar refractivity (Wildman–Crippen MR) is 120 cm³/mol. The summed E-state index contributed by atoms with van der Waals surface area (Å²) in [5, 5.41) is 14.0. The molecule has 4 rings (SSSR count). The Balaban J connectivity index is 1.73. The largest absolute Gasteiger partial charge is 0.447 e. The lowest BCUT2D eigenvalue weighted by molar-refractivity contribution is 0.157. The molecular weight excluding hydrogens is 398 g/mol. The highest BCUT2D eigenvalue weighted by Crippen LogP contribution is 2.42. The van der Waals surface area contributed by atoms with Crippen LogP contribution in [-0.2, 0) is 12.2 Å². The zero-order valence-electron chi connectivity index (χ0n) is 17.2. The Kier molecular flexibility index (Phi) is 4.92. The van der Waals surface area contributed by atoms with Crippen molar-refractivity contribution in [1.29, 1.82) is 5.26 Å². The number of guanidine groups is 1. The van der Waals surface area contributed by atoms with Crippen LogP contribution in [0, 0.1) is 32.1 Å². The number of aromatic nitrogens is 1. The van der Waals surface area contributed by atoms with Gasteiger partial charge < -0.3 is 19.9 Å². The maximum Gasteiger partial charge on any atom is 0.325 e. The van der Waals surface area contributed by atoms with Crippen molar-refractivity contribution in [2.75, 3.05) is 10.6 Å². The van der Waals surface area contributed by atoms with E-state index in [4.69, 9.17) is 21.6 Å². The second-order valence-corrected chi connectivity index (χ2v) is 7.99. The monoisotopic (exact) mass is 419 g/mol. The fraction of sp³-hybridized carbons (Fsp3) is 0.217. The maximum absolute atomic E-state index is 8.99. The Hall–Kier alpha value is -3.43. The summed E-state index contributed by atoms with van der Waals surface area (Å²) < 4.78 is 8.26. The smallest absolute Gasteiger partial charge is 0.325 e. The van der Waals surface area contributed by atoms with E-state index in [-0.39, 0.29) is 0 Å². The minimum Gasteiger partial charge on any atom is -0.447 e. The maximum atomic E-state index is 8.99. The highest BCUT2D eigenvalue weighted by atomic mass is 35.5. The van der Waals surface area contributed by atoms with Gasteiger partial charge in [0.05, 0.1) is 17.3 Å². The van der Waals surface area contributed by atoms with Crippen molar-refractivity contribution in [1.82, 2.24) is 4.57 Å². The second-order valence-electron chi connectivity index (χ2n) is 7.48. The van der Waals surface area contributed by atoms with E-state index in [9.17, 15) is 0 Å². The molecule has 2 aromatic carbocycles. The minimum atomic E-state index is -1.45. The highest BCUT2D eigenvalue weighted by Gasteiger charge is 2.41. The third-order valence-electron chi connectivity index (χ3n) is 4.99. The van der Waals surface area contributed by atoms with Gasteiger partial charge >= 0.3 is 5.18 Å². The molecule has 0 saturated heterocycles. The van der Waals surface area contributed by atoms with Gasteiger partial charge in [0.1, 0.15) is 11.4 Å². The number of alkyl halides is 1. The van der Waals surface area contributed by atoms with E-state index in [2.05, 4.69) is 40.8 Å². The molecule has 6 nitrogen and oxygen atoms in total. The van der Waals surface area contributed by atoms with Crippen LogP contribution >= 0.6 is 11.6 Å². The van der Waals surface area contributed by atoms with E-state index in [1.54, 1.807) is 12.1 Å².